The van der Waals surface area contributed by atoms with E-state index in [1.54, 1.807) is 0 Å². The van der Waals surface area contributed by atoms with Crippen LogP contribution in [0.1, 0.15) is 59.9 Å². The zero-order valence-corrected chi connectivity index (χ0v) is 38.2. The highest BCUT2D eigenvalue weighted by Gasteiger charge is 2.44. The number of hydrogen-bond donors (Lipinski definition) is 1. The van der Waals surface area contributed by atoms with E-state index in [0.717, 1.165) is 42.8 Å². The summed E-state index contributed by atoms with van der Waals surface area (Å²) in [5, 5.41) is 6.38. The minimum Gasteiger partial charge on any atom is -0.357 e. The molecule has 6 aromatic carbocycles. The number of benzene rings is 6. The van der Waals surface area contributed by atoms with E-state index in [2.05, 4.69) is 245 Å². The summed E-state index contributed by atoms with van der Waals surface area (Å²) in [5.41, 5.74) is 15.3. The molecule has 4 aliphatic carbocycles. The number of para-hydroxylation sites is 2. The number of allylic oxidation sites excluding steroid dienone is 9. The molecule has 68 heavy (non-hydrogen) atoms. The fourth-order valence-corrected chi connectivity index (χ4v) is 12.1. The Bertz CT molecular complexity index is 3370. The van der Waals surface area contributed by atoms with E-state index in [4.69, 9.17) is 4.99 Å². The van der Waals surface area contributed by atoms with Gasteiger partial charge in [0.05, 0.1) is 24.2 Å². The molecule has 0 saturated carbocycles. The molecular formula is C64H54N4. The van der Waals surface area contributed by atoms with Crippen LogP contribution in [-0.4, -0.2) is 28.5 Å². The van der Waals surface area contributed by atoms with E-state index in [9.17, 15) is 0 Å². The van der Waals surface area contributed by atoms with E-state index < -0.39 is 0 Å². The average molecular weight is 879 g/mol. The number of hydrogen-bond acceptors (Lipinski definition) is 3. The summed E-state index contributed by atoms with van der Waals surface area (Å²) in [4.78, 5) is 7.99. The van der Waals surface area contributed by atoms with Crippen LogP contribution in [-0.2, 0) is 0 Å². The third-order valence-electron chi connectivity index (χ3n) is 15.4. The van der Waals surface area contributed by atoms with Gasteiger partial charge in [-0.1, -0.05) is 188 Å². The van der Waals surface area contributed by atoms with Crippen molar-refractivity contribution in [2.24, 2.45) is 16.8 Å². The van der Waals surface area contributed by atoms with Gasteiger partial charge >= 0.3 is 0 Å². The molecule has 1 aromatic heterocycles. The van der Waals surface area contributed by atoms with Gasteiger partial charge < -0.3 is 14.8 Å². The number of anilines is 1. The molecule has 4 heteroatoms. The first-order valence-corrected chi connectivity index (χ1v) is 24.7. The summed E-state index contributed by atoms with van der Waals surface area (Å²) in [6.45, 7) is 0. The smallest absolute Gasteiger partial charge is 0.133 e. The lowest BCUT2D eigenvalue weighted by molar-refractivity contribution is 0.488. The first-order valence-electron chi connectivity index (χ1n) is 24.7. The highest BCUT2D eigenvalue weighted by molar-refractivity contribution is 6.09. The molecule has 0 radical (unpaired) electrons. The molecule has 7 unspecified atom stereocenters. The van der Waals surface area contributed by atoms with Gasteiger partial charge in [-0.05, 0) is 113 Å². The molecule has 0 spiro atoms. The second-order valence-electron chi connectivity index (χ2n) is 19.3. The van der Waals surface area contributed by atoms with Gasteiger partial charge in [-0.2, -0.15) is 0 Å². The topological polar surface area (TPSA) is 32.6 Å². The maximum Gasteiger partial charge on any atom is 0.133 e. The van der Waals surface area contributed by atoms with Gasteiger partial charge in [-0.15, -0.1) is 0 Å². The predicted molar refractivity (Wildman–Crippen MR) is 285 cm³/mol. The van der Waals surface area contributed by atoms with Gasteiger partial charge in [-0.25, -0.2) is 0 Å². The molecular weight excluding hydrogens is 825 g/mol. The Morgan fingerprint density at radius 2 is 1.32 bits per heavy atom. The Balaban J connectivity index is 0.782. The van der Waals surface area contributed by atoms with Crippen LogP contribution in [0.15, 0.2) is 241 Å². The summed E-state index contributed by atoms with van der Waals surface area (Å²) in [6.07, 6.45) is 34.4. The number of aliphatic imine (C=N–C) groups is 1. The summed E-state index contributed by atoms with van der Waals surface area (Å²) in [5.74, 6) is 2.03. The van der Waals surface area contributed by atoms with E-state index in [0.29, 0.717) is 29.8 Å². The lowest BCUT2D eigenvalue weighted by Gasteiger charge is -2.32. The van der Waals surface area contributed by atoms with Crippen LogP contribution in [0.3, 0.4) is 0 Å². The van der Waals surface area contributed by atoms with Crippen LogP contribution in [0.25, 0.3) is 44.2 Å². The molecule has 1 N–H and O–H groups in total. The van der Waals surface area contributed by atoms with Crippen molar-refractivity contribution < 1.29 is 0 Å². The second-order valence-corrected chi connectivity index (χ2v) is 19.3. The zero-order chi connectivity index (χ0) is 45.0. The lowest BCUT2D eigenvalue weighted by Crippen LogP contribution is -2.37. The van der Waals surface area contributed by atoms with Crippen LogP contribution in [0.5, 0.6) is 0 Å². The molecule has 0 bridgehead atoms. The number of rotatable bonds is 8. The molecule has 6 aliphatic rings. The molecule has 0 amide bonds. The van der Waals surface area contributed by atoms with Crippen LogP contribution in [0, 0.1) is 11.8 Å². The van der Waals surface area contributed by atoms with Crippen LogP contribution in [0.4, 0.5) is 5.69 Å². The second kappa shape index (κ2) is 17.2. The Hall–Kier alpha value is -7.69. The number of aromatic nitrogens is 1. The number of fused-ring (bicyclic) bond motifs is 6. The first kappa shape index (κ1) is 40.6. The fraction of sp³-hybridized carbons (Fsp3) is 0.172. The third-order valence-corrected chi connectivity index (χ3v) is 15.4. The number of nitrogens with one attached hydrogen (secondary N) is 1. The molecule has 13 rings (SSSR count). The Morgan fingerprint density at radius 1 is 0.559 bits per heavy atom. The van der Waals surface area contributed by atoms with Crippen molar-refractivity contribution in [2.45, 2.75) is 55.8 Å². The third kappa shape index (κ3) is 7.27. The first-order chi connectivity index (χ1) is 33.7. The van der Waals surface area contributed by atoms with Crippen molar-refractivity contribution in [3.05, 3.63) is 258 Å². The SMILES string of the molecule is C1=CCC(C2C=C(c3ccccc3)NC(c3cccc(-c4cccc(C5CC=CC(n6c7ccccc7c7cc(C8=CCC9C(=C8)C8C=CC=CC8N9c8ccccc8)ccc76)C5)c4)c3)=N2)C=C1. The largest absolute Gasteiger partial charge is 0.357 e. The molecule has 330 valence electrons. The van der Waals surface area contributed by atoms with Crippen molar-refractivity contribution in [2.75, 3.05) is 4.90 Å². The van der Waals surface area contributed by atoms with E-state index in [-0.39, 0.29) is 12.1 Å². The van der Waals surface area contributed by atoms with Crippen LogP contribution >= 0.6 is 0 Å². The predicted octanol–water partition coefficient (Wildman–Crippen LogP) is 14.7. The van der Waals surface area contributed by atoms with Crippen molar-refractivity contribution in [1.82, 2.24) is 9.88 Å². The average Bonchev–Trinajstić information content (AvgIpc) is 3.94. The van der Waals surface area contributed by atoms with E-state index in [1.807, 2.05) is 0 Å². The van der Waals surface area contributed by atoms with Crippen molar-refractivity contribution >= 4 is 44.6 Å². The van der Waals surface area contributed by atoms with Gasteiger partial charge in [0.25, 0.3) is 0 Å². The Kier molecular flexibility index (Phi) is 10.3. The molecule has 1 fully saturated rings. The number of amidine groups is 1. The molecule has 7 atom stereocenters. The maximum absolute atomic E-state index is 5.34. The van der Waals surface area contributed by atoms with Crippen molar-refractivity contribution in [3.8, 4) is 11.1 Å². The normalized spacial score (nSPS) is 24.8. The van der Waals surface area contributed by atoms with E-state index >= 15 is 0 Å². The monoisotopic (exact) mass is 878 g/mol. The lowest BCUT2D eigenvalue weighted by atomic mass is 9.84. The quantitative estimate of drug-likeness (QED) is 0.154. The van der Waals surface area contributed by atoms with Crippen LogP contribution < -0.4 is 10.2 Å². The van der Waals surface area contributed by atoms with Gasteiger partial charge in [-0.3, -0.25) is 4.99 Å². The molecule has 7 aromatic rings. The van der Waals surface area contributed by atoms with Gasteiger partial charge in [0.2, 0.25) is 0 Å². The standard InChI is InChI=1S/C64H54N4/c1-4-17-43(18-5-1)58-42-59(44-19-6-2-7-20-44)66-64(65-58)51-25-15-23-47(38-51)45-21-14-22-46(37-45)48-24-16-28-53(39-48)68-61-32-13-11-30-55(61)57-41-50(34-36-63(57)68)49-33-35-62-56(40-49)54-29-10-12-31-60(54)67(62)52-26-8-3-9-27-52/h1-19,21-23,25-34,36-38,40-42,44,48,53-54,59-60,62H,20,24,35,39H2,(H,65,66). The molecule has 4 nitrogen and oxygen atoms in total. The summed E-state index contributed by atoms with van der Waals surface area (Å²) >= 11 is 0. The minimum absolute atomic E-state index is 0.0535. The highest BCUT2D eigenvalue weighted by Crippen LogP contribution is 2.47. The Morgan fingerprint density at radius 3 is 2.21 bits per heavy atom. The highest BCUT2D eigenvalue weighted by atomic mass is 15.2. The van der Waals surface area contributed by atoms with Crippen molar-refractivity contribution in [1.29, 1.82) is 0 Å². The van der Waals surface area contributed by atoms with Crippen molar-refractivity contribution in [3.63, 3.8) is 0 Å². The zero-order valence-electron chi connectivity index (χ0n) is 38.2. The summed E-state index contributed by atoms with van der Waals surface area (Å²) < 4.78 is 2.62. The molecule has 2 aliphatic heterocycles. The Labute approximate surface area is 399 Å². The van der Waals surface area contributed by atoms with Gasteiger partial charge in [0, 0.05) is 50.6 Å². The summed E-state index contributed by atoms with van der Waals surface area (Å²) in [7, 11) is 0. The van der Waals surface area contributed by atoms with Gasteiger partial charge in [0.1, 0.15) is 5.84 Å². The fourth-order valence-electron chi connectivity index (χ4n) is 12.1. The van der Waals surface area contributed by atoms with Crippen LogP contribution in [0.2, 0.25) is 0 Å². The molecule has 3 heterocycles. The molecule has 1 saturated heterocycles. The minimum atomic E-state index is 0.0535. The number of nitrogens with zero attached hydrogens (tertiary/aromatic N) is 3. The van der Waals surface area contributed by atoms with Gasteiger partial charge in [0.15, 0.2) is 0 Å². The van der Waals surface area contributed by atoms with E-state index in [1.165, 1.54) is 66.5 Å². The maximum atomic E-state index is 5.34. The summed E-state index contributed by atoms with van der Waals surface area (Å²) in [6, 6.07) is 57.1.